The topological polar surface area (TPSA) is 70.2 Å². The van der Waals surface area contributed by atoms with E-state index >= 15 is 0 Å². The van der Waals surface area contributed by atoms with Crippen molar-refractivity contribution in [3.63, 3.8) is 0 Å². The van der Waals surface area contributed by atoms with Crippen molar-refractivity contribution < 1.29 is 4.79 Å². The Labute approximate surface area is 167 Å². The van der Waals surface area contributed by atoms with Crippen LogP contribution in [-0.2, 0) is 11.3 Å². The number of rotatable bonds is 8. The molecule has 3 rings (SSSR count). The molecule has 1 aromatic heterocycles. The Bertz CT molecular complexity index is 779. The molecule has 0 saturated carbocycles. The number of piperidine rings is 1. The third-order valence-corrected chi connectivity index (χ3v) is 5.21. The van der Waals surface area contributed by atoms with Crippen LogP contribution in [0.25, 0.3) is 0 Å². The summed E-state index contributed by atoms with van der Waals surface area (Å²) in [4.78, 5) is 23.3. The van der Waals surface area contributed by atoms with Gasteiger partial charge in [-0.05, 0) is 44.6 Å². The molecule has 1 aliphatic heterocycles. The monoisotopic (exact) mass is 381 g/mol. The number of anilines is 2. The Hall–Kier alpha value is -2.63. The van der Waals surface area contributed by atoms with Gasteiger partial charge in [0.1, 0.15) is 18.0 Å². The summed E-state index contributed by atoms with van der Waals surface area (Å²) >= 11 is 0. The van der Waals surface area contributed by atoms with Crippen LogP contribution in [-0.4, -0.2) is 35.5 Å². The second-order valence-electron chi connectivity index (χ2n) is 7.55. The molecule has 6 nitrogen and oxygen atoms in total. The van der Waals surface area contributed by atoms with Crippen LogP contribution in [0.2, 0.25) is 0 Å². The average molecular weight is 382 g/mol. The predicted molar refractivity (Wildman–Crippen MR) is 113 cm³/mol. The van der Waals surface area contributed by atoms with E-state index in [2.05, 4.69) is 57.5 Å². The molecule has 28 heavy (non-hydrogen) atoms. The van der Waals surface area contributed by atoms with E-state index in [0.717, 1.165) is 49.7 Å². The van der Waals surface area contributed by atoms with Gasteiger partial charge in [0.2, 0.25) is 5.91 Å². The summed E-state index contributed by atoms with van der Waals surface area (Å²) in [6.45, 7) is 7.54. The number of nitrogens with zero attached hydrogens (tertiary/aromatic N) is 3. The van der Waals surface area contributed by atoms with Gasteiger partial charge in [-0.2, -0.15) is 0 Å². The fraction of sp³-hybridized carbons (Fsp3) is 0.500. The highest BCUT2D eigenvalue weighted by Crippen LogP contribution is 2.25. The van der Waals surface area contributed by atoms with Crippen LogP contribution in [0.3, 0.4) is 0 Å². The average Bonchev–Trinajstić information content (AvgIpc) is 2.71. The SMILES string of the molecule is CCNc1cc(N2CCCC(CCC(=O)NCc3cccc(C)c3)C2)ncn1. The van der Waals surface area contributed by atoms with Gasteiger partial charge >= 0.3 is 0 Å². The zero-order chi connectivity index (χ0) is 19.8. The van der Waals surface area contributed by atoms with Crippen LogP contribution in [0.5, 0.6) is 0 Å². The Morgan fingerprint density at radius 2 is 2.18 bits per heavy atom. The van der Waals surface area contributed by atoms with Crippen molar-refractivity contribution in [2.24, 2.45) is 5.92 Å². The largest absolute Gasteiger partial charge is 0.370 e. The zero-order valence-corrected chi connectivity index (χ0v) is 16.9. The second kappa shape index (κ2) is 10.1. The molecule has 0 aliphatic carbocycles. The van der Waals surface area contributed by atoms with Gasteiger partial charge in [-0.15, -0.1) is 0 Å². The molecule has 0 radical (unpaired) electrons. The minimum atomic E-state index is 0.134. The number of amides is 1. The molecule has 2 heterocycles. The molecule has 1 atom stereocenters. The van der Waals surface area contributed by atoms with Crippen molar-refractivity contribution in [1.82, 2.24) is 15.3 Å². The van der Waals surface area contributed by atoms with Crippen LogP contribution >= 0.6 is 0 Å². The number of carbonyl (C=O) groups excluding carboxylic acids is 1. The number of nitrogens with one attached hydrogen (secondary N) is 2. The molecule has 150 valence electrons. The number of aryl methyl sites for hydroxylation is 1. The highest BCUT2D eigenvalue weighted by molar-refractivity contribution is 5.75. The lowest BCUT2D eigenvalue weighted by Gasteiger charge is -2.33. The summed E-state index contributed by atoms with van der Waals surface area (Å²) in [7, 11) is 0. The van der Waals surface area contributed by atoms with Gasteiger partial charge in [0.25, 0.3) is 0 Å². The summed E-state index contributed by atoms with van der Waals surface area (Å²) in [5.41, 5.74) is 2.37. The van der Waals surface area contributed by atoms with E-state index in [1.807, 2.05) is 12.1 Å². The van der Waals surface area contributed by atoms with Crippen molar-refractivity contribution in [2.45, 2.75) is 46.1 Å². The summed E-state index contributed by atoms with van der Waals surface area (Å²) in [6, 6.07) is 10.3. The van der Waals surface area contributed by atoms with Gasteiger partial charge < -0.3 is 15.5 Å². The first-order valence-electron chi connectivity index (χ1n) is 10.3. The molecule has 1 saturated heterocycles. The van der Waals surface area contributed by atoms with Gasteiger partial charge in [-0.1, -0.05) is 29.8 Å². The molecule has 2 N–H and O–H groups in total. The molecular weight excluding hydrogens is 350 g/mol. The predicted octanol–water partition coefficient (Wildman–Crippen LogP) is 3.53. The lowest BCUT2D eigenvalue weighted by atomic mass is 9.93. The number of benzene rings is 1. The maximum absolute atomic E-state index is 12.3. The van der Waals surface area contributed by atoms with E-state index in [4.69, 9.17) is 0 Å². The fourth-order valence-corrected chi connectivity index (χ4v) is 3.75. The number of hydrogen-bond acceptors (Lipinski definition) is 5. The molecule has 1 aromatic carbocycles. The minimum absolute atomic E-state index is 0.134. The molecule has 1 aliphatic rings. The first kappa shape index (κ1) is 20.1. The van der Waals surface area contributed by atoms with E-state index in [0.29, 0.717) is 18.9 Å². The van der Waals surface area contributed by atoms with Crippen molar-refractivity contribution in [3.8, 4) is 0 Å². The molecule has 0 spiro atoms. The third kappa shape index (κ3) is 5.94. The van der Waals surface area contributed by atoms with Crippen LogP contribution in [0.15, 0.2) is 36.7 Å². The smallest absolute Gasteiger partial charge is 0.220 e. The second-order valence-corrected chi connectivity index (χ2v) is 7.55. The highest BCUT2D eigenvalue weighted by atomic mass is 16.1. The molecule has 0 bridgehead atoms. The molecule has 6 heteroatoms. The van der Waals surface area contributed by atoms with Crippen molar-refractivity contribution >= 4 is 17.5 Å². The maximum atomic E-state index is 12.3. The highest BCUT2D eigenvalue weighted by Gasteiger charge is 2.22. The Kier molecular flexibility index (Phi) is 7.23. The quantitative estimate of drug-likeness (QED) is 0.732. The van der Waals surface area contributed by atoms with Crippen molar-refractivity contribution in [2.75, 3.05) is 29.9 Å². The summed E-state index contributed by atoms with van der Waals surface area (Å²) < 4.78 is 0. The van der Waals surface area contributed by atoms with E-state index in [-0.39, 0.29) is 5.91 Å². The normalized spacial score (nSPS) is 16.6. The van der Waals surface area contributed by atoms with E-state index in [1.54, 1.807) is 6.33 Å². The van der Waals surface area contributed by atoms with E-state index in [9.17, 15) is 4.79 Å². The van der Waals surface area contributed by atoms with Crippen molar-refractivity contribution in [3.05, 3.63) is 47.8 Å². The van der Waals surface area contributed by atoms with Crippen LogP contribution in [0, 0.1) is 12.8 Å². The third-order valence-electron chi connectivity index (χ3n) is 5.21. The van der Waals surface area contributed by atoms with Crippen LogP contribution < -0.4 is 15.5 Å². The lowest BCUT2D eigenvalue weighted by Crippen LogP contribution is -2.36. The summed E-state index contributed by atoms with van der Waals surface area (Å²) in [6.07, 6.45) is 5.43. The van der Waals surface area contributed by atoms with Gasteiger partial charge in [-0.3, -0.25) is 4.79 Å². The number of hydrogen-bond donors (Lipinski definition) is 2. The van der Waals surface area contributed by atoms with E-state index < -0.39 is 0 Å². The summed E-state index contributed by atoms with van der Waals surface area (Å²) in [5.74, 6) is 2.50. The van der Waals surface area contributed by atoms with Gasteiger partial charge in [0, 0.05) is 38.7 Å². The standard InChI is InChI=1S/C22H31N5O/c1-3-23-20-13-21(26-16-25-20)27-11-5-8-18(15-27)9-10-22(28)24-14-19-7-4-6-17(2)12-19/h4,6-7,12-13,16,18H,3,5,8-11,14-15H2,1-2H3,(H,24,28)(H,23,25,26). The number of aromatic nitrogens is 2. The maximum Gasteiger partial charge on any atom is 0.220 e. The Balaban J connectivity index is 1.45. The molecule has 1 amide bonds. The lowest BCUT2D eigenvalue weighted by molar-refractivity contribution is -0.121. The Morgan fingerprint density at radius 1 is 1.29 bits per heavy atom. The summed E-state index contributed by atoms with van der Waals surface area (Å²) in [5, 5.41) is 6.29. The molecule has 2 aromatic rings. The van der Waals surface area contributed by atoms with Crippen LogP contribution in [0.4, 0.5) is 11.6 Å². The van der Waals surface area contributed by atoms with Crippen molar-refractivity contribution in [1.29, 1.82) is 0 Å². The van der Waals surface area contributed by atoms with Crippen LogP contribution in [0.1, 0.15) is 43.7 Å². The fourth-order valence-electron chi connectivity index (χ4n) is 3.75. The van der Waals surface area contributed by atoms with Gasteiger partial charge in [-0.25, -0.2) is 9.97 Å². The molecule has 1 fully saturated rings. The molecule has 1 unspecified atom stereocenters. The first-order chi connectivity index (χ1) is 13.6. The number of carbonyl (C=O) groups is 1. The minimum Gasteiger partial charge on any atom is -0.370 e. The van der Waals surface area contributed by atoms with Gasteiger partial charge in [0.05, 0.1) is 0 Å². The van der Waals surface area contributed by atoms with E-state index in [1.165, 1.54) is 12.0 Å². The zero-order valence-electron chi connectivity index (χ0n) is 16.9. The molecular formula is C22H31N5O. The first-order valence-corrected chi connectivity index (χ1v) is 10.3. The Morgan fingerprint density at radius 3 is 3.00 bits per heavy atom. The van der Waals surface area contributed by atoms with Gasteiger partial charge in [0.15, 0.2) is 0 Å².